The summed E-state index contributed by atoms with van der Waals surface area (Å²) in [5, 5.41) is 16.8. The first kappa shape index (κ1) is 25.1. The summed E-state index contributed by atoms with van der Waals surface area (Å²) in [5.74, 6) is 0.235. The first-order chi connectivity index (χ1) is 15.8. The van der Waals surface area contributed by atoms with Gasteiger partial charge in [0.1, 0.15) is 17.9 Å². The second kappa shape index (κ2) is 12.1. The van der Waals surface area contributed by atoms with E-state index in [1.165, 1.54) is 17.5 Å². The van der Waals surface area contributed by atoms with Crippen LogP contribution in [0.2, 0.25) is 0 Å². The molecule has 0 saturated carbocycles. The molecule has 1 aromatic carbocycles. The quantitative estimate of drug-likeness (QED) is 0.389. The number of aliphatic imine (C=N–C) groups is 2. The predicted molar refractivity (Wildman–Crippen MR) is 133 cm³/mol. The lowest BCUT2D eigenvalue weighted by Crippen LogP contribution is -2.48. The Morgan fingerprint density at radius 2 is 1.97 bits per heavy atom. The highest BCUT2D eigenvalue weighted by molar-refractivity contribution is 6.39. The van der Waals surface area contributed by atoms with Gasteiger partial charge in [-0.05, 0) is 64.4 Å². The number of piperidine rings is 1. The Balaban J connectivity index is 1.41. The molecule has 0 spiro atoms. The Morgan fingerprint density at radius 1 is 1.27 bits per heavy atom. The van der Waals surface area contributed by atoms with Crippen molar-refractivity contribution in [2.24, 2.45) is 9.98 Å². The predicted octanol–water partition coefficient (Wildman–Crippen LogP) is 1.55. The van der Waals surface area contributed by atoms with Gasteiger partial charge in [0.05, 0.1) is 12.1 Å². The normalized spacial score (nSPS) is 20.3. The van der Waals surface area contributed by atoms with Gasteiger partial charge in [0.15, 0.2) is 0 Å². The molecule has 0 radical (unpaired) electrons. The Kier molecular flexibility index (Phi) is 9.17. The molecule has 3 rings (SSSR count). The molecule has 180 valence electrons. The number of aliphatic hydroxyl groups is 1. The van der Waals surface area contributed by atoms with Crippen molar-refractivity contribution >= 4 is 18.0 Å². The Bertz CT molecular complexity index is 875. The molecule has 1 saturated heterocycles. The number of rotatable bonds is 9. The van der Waals surface area contributed by atoms with Crippen molar-refractivity contribution in [1.82, 2.24) is 20.4 Å². The average Bonchev–Trinajstić information content (AvgIpc) is 2.80. The fourth-order valence-electron chi connectivity index (χ4n) is 4.21. The van der Waals surface area contributed by atoms with Crippen molar-refractivity contribution in [1.29, 1.82) is 0 Å². The van der Waals surface area contributed by atoms with Crippen molar-refractivity contribution in [2.45, 2.75) is 57.8 Å². The summed E-state index contributed by atoms with van der Waals surface area (Å²) in [6, 6.07) is 8.40. The van der Waals surface area contributed by atoms with Crippen LogP contribution in [0, 0.1) is 0 Å². The highest BCUT2D eigenvalue weighted by Crippen LogP contribution is 2.18. The number of β-amino-alcohol motifs (C(OH)–C–C–N with tert-alkyl or cyclic N) is 1. The lowest BCUT2D eigenvalue weighted by Gasteiger charge is -2.32. The van der Waals surface area contributed by atoms with Crippen molar-refractivity contribution in [3.05, 3.63) is 47.8 Å². The van der Waals surface area contributed by atoms with E-state index in [1.54, 1.807) is 6.92 Å². The number of benzene rings is 1. The van der Waals surface area contributed by atoms with Crippen molar-refractivity contribution < 1.29 is 9.90 Å². The van der Waals surface area contributed by atoms with E-state index in [-0.39, 0.29) is 11.6 Å². The van der Waals surface area contributed by atoms with E-state index in [0.29, 0.717) is 18.4 Å². The number of fused-ring (bicyclic) bond motifs is 1. The third-order valence-corrected chi connectivity index (χ3v) is 6.47. The number of carbonyl (C=O) groups is 1. The van der Waals surface area contributed by atoms with Crippen LogP contribution in [0.5, 0.6) is 0 Å². The Hall–Kier alpha value is -2.55. The second-order valence-corrected chi connectivity index (χ2v) is 9.21. The largest absolute Gasteiger partial charge is 0.390 e. The highest BCUT2D eigenvalue weighted by atomic mass is 16.3. The maximum Gasteiger partial charge on any atom is 0.265 e. The molecule has 1 fully saturated rings. The number of hydrogen-bond acceptors (Lipinski definition) is 6. The van der Waals surface area contributed by atoms with Gasteiger partial charge in [-0.25, -0.2) is 9.98 Å². The zero-order valence-corrected chi connectivity index (χ0v) is 20.1. The molecule has 0 aliphatic carbocycles. The van der Waals surface area contributed by atoms with Gasteiger partial charge in [-0.2, -0.15) is 0 Å². The molecule has 2 aliphatic heterocycles. The summed E-state index contributed by atoms with van der Waals surface area (Å²) < 4.78 is 0. The number of aliphatic hydroxyl groups excluding tert-OH is 1. The molecule has 8 heteroatoms. The molecule has 2 unspecified atom stereocenters. The molecule has 2 heterocycles. The van der Waals surface area contributed by atoms with Gasteiger partial charge in [0.25, 0.3) is 5.91 Å². The smallest absolute Gasteiger partial charge is 0.265 e. The van der Waals surface area contributed by atoms with Crippen molar-refractivity contribution in [3.63, 3.8) is 0 Å². The molecular formula is C25H38N6O2. The van der Waals surface area contributed by atoms with E-state index in [9.17, 15) is 9.90 Å². The first-order valence-electron chi connectivity index (χ1n) is 11.8. The number of hydrogen-bond donors (Lipinski definition) is 3. The van der Waals surface area contributed by atoms with Gasteiger partial charge in [-0.1, -0.05) is 30.8 Å². The first-order valence-corrected chi connectivity index (χ1v) is 11.8. The topological polar surface area (TPSA) is 92.6 Å². The summed E-state index contributed by atoms with van der Waals surface area (Å²) in [6.45, 7) is 11.7. The molecule has 8 nitrogen and oxygen atoms in total. The Morgan fingerprint density at radius 3 is 2.70 bits per heavy atom. The van der Waals surface area contributed by atoms with Crippen LogP contribution in [0.3, 0.4) is 0 Å². The van der Waals surface area contributed by atoms with Crippen LogP contribution in [-0.4, -0.2) is 84.3 Å². The number of amides is 1. The third-order valence-electron chi connectivity index (χ3n) is 6.47. The zero-order valence-electron chi connectivity index (χ0n) is 20.1. The zero-order chi connectivity index (χ0) is 23.8. The van der Waals surface area contributed by atoms with Crippen LogP contribution in [0.25, 0.3) is 0 Å². The third kappa shape index (κ3) is 7.77. The summed E-state index contributed by atoms with van der Waals surface area (Å²) in [7, 11) is 2.12. The van der Waals surface area contributed by atoms with Crippen molar-refractivity contribution in [2.75, 3.05) is 33.2 Å². The lowest BCUT2D eigenvalue weighted by molar-refractivity contribution is -0.116. The number of carbonyl (C=O) groups excluding carboxylic acids is 1. The maximum absolute atomic E-state index is 12.5. The van der Waals surface area contributed by atoms with Crippen LogP contribution >= 0.6 is 0 Å². The lowest BCUT2D eigenvalue weighted by atomic mass is 9.99. The average molecular weight is 455 g/mol. The highest BCUT2D eigenvalue weighted by Gasteiger charge is 2.23. The molecular weight excluding hydrogens is 416 g/mol. The summed E-state index contributed by atoms with van der Waals surface area (Å²) in [5.41, 5.74) is 2.97. The van der Waals surface area contributed by atoms with E-state index >= 15 is 0 Å². The molecule has 1 aromatic rings. The van der Waals surface area contributed by atoms with Crippen LogP contribution < -0.4 is 10.6 Å². The summed E-state index contributed by atoms with van der Waals surface area (Å²) in [4.78, 5) is 25.3. The van der Waals surface area contributed by atoms with Crippen LogP contribution in [-0.2, 0) is 17.8 Å². The number of likely N-dealkylation sites (tertiary alicyclic amines) is 1. The van der Waals surface area contributed by atoms with Crippen LogP contribution in [0.4, 0.5) is 0 Å². The van der Waals surface area contributed by atoms with Gasteiger partial charge in [-0.15, -0.1) is 0 Å². The van der Waals surface area contributed by atoms with E-state index < -0.39 is 12.1 Å². The van der Waals surface area contributed by atoms with E-state index in [0.717, 1.165) is 45.4 Å². The molecule has 0 aromatic heterocycles. The number of nitrogens with one attached hydrogen (secondary N) is 2. The van der Waals surface area contributed by atoms with E-state index in [1.807, 2.05) is 13.0 Å². The van der Waals surface area contributed by atoms with E-state index in [4.69, 9.17) is 0 Å². The summed E-state index contributed by atoms with van der Waals surface area (Å²) in [6.07, 6.45) is 3.77. The van der Waals surface area contributed by atoms with Gasteiger partial charge in [0, 0.05) is 25.7 Å². The number of nitrogens with zero attached hydrogens (tertiary/aromatic N) is 4. The summed E-state index contributed by atoms with van der Waals surface area (Å²) >= 11 is 0. The minimum atomic E-state index is -0.667. The van der Waals surface area contributed by atoms with Gasteiger partial charge >= 0.3 is 0 Å². The van der Waals surface area contributed by atoms with Crippen LogP contribution in [0.15, 0.2) is 46.7 Å². The van der Waals surface area contributed by atoms with Gasteiger partial charge in [-0.3, -0.25) is 9.69 Å². The van der Waals surface area contributed by atoms with E-state index in [2.05, 4.69) is 62.2 Å². The Labute approximate surface area is 197 Å². The minimum Gasteiger partial charge on any atom is -0.390 e. The standard InChI is InChI=1S/C25H38N6O2/c1-18(24(32)16-31-14-9-21-7-5-6-8-22(21)15-31)28-25(33)19(2)26-17-27-20(3)29-23-10-12-30(4)13-11-23/h5-8,17-18,23-24,29,32H,3,9-16H2,1-2,4H3,(H,28,33)/b26-19+,27-17-. The molecule has 33 heavy (non-hydrogen) atoms. The van der Waals surface area contributed by atoms with Gasteiger partial charge in [0.2, 0.25) is 0 Å². The minimum absolute atomic E-state index is 0.289. The monoisotopic (exact) mass is 454 g/mol. The molecule has 2 aliphatic rings. The second-order valence-electron chi connectivity index (χ2n) is 9.21. The molecule has 3 N–H and O–H groups in total. The fraction of sp³-hybridized carbons (Fsp3) is 0.560. The molecule has 1 amide bonds. The van der Waals surface area contributed by atoms with Crippen molar-refractivity contribution in [3.8, 4) is 0 Å². The van der Waals surface area contributed by atoms with Gasteiger partial charge < -0.3 is 20.6 Å². The fourth-order valence-corrected chi connectivity index (χ4v) is 4.21. The van der Waals surface area contributed by atoms with Crippen LogP contribution in [0.1, 0.15) is 37.8 Å². The molecule has 0 bridgehead atoms. The molecule has 2 atom stereocenters. The maximum atomic E-state index is 12.5. The SMILES string of the molecule is C=C(/N=C\N=C(/C)C(=O)NC(C)C(O)CN1CCc2ccccc2C1)NC1CCN(C)CC1.